The Morgan fingerprint density at radius 1 is 1.08 bits per heavy atom. The number of para-hydroxylation sites is 1. The van der Waals surface area contributed by atoms with Crippen LogP contribution in [0.25, 0.3) is 0 Å². The topological polar surface area (TPSA) is 122 Å². The number of carbonyl (C=O) groups is 3. The van der Waals surface area contributed by atoms with Crippen LogP contribution in [0.5, 0.6) is 5.75 Å². The molecule has 1 atom stereocenters. The van der Waals surface area contributed by atoms with E-state index in [1.807, 2.05) is 38.1 Å². The summed E-state index contributed by atoms with van der Waals surface area (Å²) in [5, 5.41) is 11.9. The molecule has 0 spiro atoms. The van der Waals surface area contributed by atoms with Gasteiger partial charge in [-0.3, -0.25) is 4.79 Å². The number of thioether (sulfide) groups is 1. The number of benzene rings is 1. The Hall–Kier alpha value is -3.38. The molecule has 0 radical (unpaired) electrons. The zero-order chi connectivity index (χ0) is 27.1. The Kier molecular flexibility index (Phi) is 9.70. The first kappa shape index (κ1) is 28.2. The zero-order valence-corrected chi connectivity index (χ0v) is 23.2. The average Bonchev–Trinajstić information content (AvgIpc) is 3.38. The van der Waals surface area contributed by atoms with Crippen LogP contribution in [0.2, 0.25) is 0 Å². The molecule has 2 aromatic heterocycles. The zero-order valence-electron chi connectivity index (χ0n) is 21.6. The van der Waals surface area contributed by atoms with E-state index < -0.39 is 11.9 Å². The predicted octanol–water partition coefficient (Wildman–Crippen LogP) is 4.72. The Morgan fingerprint density at radius 2 is 1.76 bits per heavy atom. The van der Waals surface area contributed by atoms with Crippen LogP contribution in [0.4, 0.5) is 5.00 Å². The highest BCUT2D eigenvalue weighted by Gasteiger charge is 2.27. The molecule has 0 aliphatic carbocycles. The number of carbonyl (C=O) groups excluding carboxylic acids is 3. The molecule has 1 amide bonds. The second-order valence-corrected chi connectivity index (χ2v) is 9.93. The molecule has 0 aliphatic rings. The number of nitrogens with one attached hydrogen (secondary N) is 1. The standard InChI is InChI=1S/C25H30N4O6S2/c1-7-33-23(31)19-15(4)20(24(32)34-8-2)37-22(19)26-18(30)13-36-25-28-27-21(29(25)6)16(5)35-17-12-10-9-11-14(17)3/h9-12,16H,7-8,13H2,1-6H3,(H,26,30). The highest BCUT2D eigenvalue weighted by molar-refractivity contribution is 7.99. The van der Waals surface area contributed by atoms with Crippen molar-refractivity contribution in [3.63, 3.8) is 0 Å². The number of nitrogens with zero attached hydrogens (tertiary/aromatic N) is 3. The largest absolute Gasteiger partial charge is 0.482 e. The van der Waals surface area contributed by atoms with Crippen molar-refractivity contribution < 1.29 is 28.6 Å². The minimum Gasteiger partial charge on any atom is -0.482 e. The molecular formula is C25H30N4O6S2. The van der Waals surface area contributed by atoms with Gasteiger partial charge in [-0.25, -0.2) is 9.59 Å². The lowest BCUT2D eigenvalue weighted by molar-refractivity contribution is -0.113. The van der Waals surface area contributed by atoms with E-state index in [9.17, 15) is 14.4 Å². The third-order valence-corrected chi connectivity index (χ3v) is 7.51. The second-order valence-electron chi connectivity index (χ2n) is 7.96. The van der Waals surface area contributed by atoms with E-state index in [1.165, 1.54) is 11.8 Å². The summed E-state index contributed by atoms with van der Waals surface area (Å²) >= 11 is 2.18. The fraction of sp³-hybridized carbons (Fsp3) is 0.400. The first-order chi connectivity index (χ1) is 17.7. The lowest BCUT2D eigenvalue weighted by Crippen LogP contribution is -2.17. The van der Waals surface area contributed by atoms with Crippen molar-refractivity contribution in [2.24, 2.45) is 7.05 Å². The maximum atomic E-state index is 12.8. The molecule has 3 rings (SSSR count). The van der Waals surface area contributed by atoms with Gasteiger partial charge in [-0.15, -0.1) is 21.5 Å². The third-order valence-electron chi connectivity index (χ3n) is 5.30. The van der Waals surface area contributed by atoms with Gasteiger partial charge in [0, 0.05) is 7.05 Å². The van der Waals surface area contributed by atoms with E-state index >= 15 is 0 Å². The van der Waals surface area contributed by atoms with E-state index in [0.29, 0.717) is 16.5 Å². The molecule has 1 N–H and O–H groups in total. The second kappa shape index (κ2) is 12.7. The number of hydrogen-bond donors (Lipinski definition) is 1. The normalized spacial score (nSPS) is 11.6. The van der Waals surface area contributed by atoms with Crippen LogP contribution >= 0.6 is 23.1 Å². The Morgan fingerprint density at radius 3 is 2.43 bits per heavy atom. The summed E-state index contributed by atoms with van der Waals surface area (Å²) in [4.78, 5) is 37.9. The quantitative estimate of drug-likeness (QED) is 0.269. The maximum absolute atomic E-state index is 12.8. The summed E-state index contributed by atoms with van der Waals surface area (Å²) in [6.07, 6.45) is -0.357. The molecule has 10 nitrogen and oxygen atoms in total. The number of hydrogen-bond acceptors (Lipinski definition) is 10. The SMILES string of the molecule is CCOC(=O)c1sc(NC(=O)CSc2nnc(C(C)Oc3ccccc3C)n2C)c(C(=O)OCC)c1C. The molecule has 2 heterocycles. The van der Waals surface area contributed by atoms with Gasteiger partial charge in [0.05, 0.1) is 24.5 Å². The molecule has 198 valence electrons. The minimum atomic E-state index is -0.615. The van der Waals surface area contributed by atoms with Crippen LogP contribution in [-0.4, -0.2) is 51.6 Å². The van der Waals surface area contributed by atoms with Gasteiger partial charge >= 0.3 is 11.9 Å². The van der Waals surface area contributed by atoms with Crippen molar-refractivity contribution in [3.05, 3.63) is 51.7 Å². The molecule has 3 aromatic rings. The highest BCUT2D eigenvalue weighted by atomic mass is 32.2. The summed E-state index contributed by atoms with van der Waals surface area (Å²) in [6, 6.07) is 7.72. The van der Waals surface area contributed by atoms with E-state index in [0.717, 1.165) is 22.6 Å². The number of aryl methyl sites for hydroxylation is 1. The molecular weight excluding hydrogens is 516 g/mol. The summed E-state index contributed by atoms with van der Waals surface area (Å²) in [5.41, 5.74) is 1.57. The monoisotopic (exact) mass is 546 g/mol. The third kappa shape index (κ3) is 6.69. The molecule has 0 bridgehead atoms. The van der Waals surface area contributed by atoms with E-state index in [2.05, 4.69) is 15.5 Å². The highest BCUT2D eigenvalue weighted by Crippen LogP contribution is 2.34. The van der Waals surface area contributed by atoms with Crippen LogP contribution in [0.1, 0.15) is 63.9 Å². The van der Waals surface area contributed by atoms with Gasteiger partial charge < -0.3 is 24.1 Å². The first-order valence-electron chi connectivity index (χ1n) is 11.7. The van der Waals surface area contributed by atoms with Crippen LogP contribution < -0.4 is 10.1 Å². The van der Waals surface area contributed by atoms with Crippen molar-refractivity contribution in [1.82, 2.24) is 14.8 Å². The van der Waals surface area contributed by atoms with Crippen molar-refractivity contribution in [2.75, 3.05) is 24.3 Å². The number of amides is 1. The number of esters is 2. The smallest absolute Gasteiger partial charge is 0.348 e. The van der Waals surface area contributed by atoms with Gasteiger partial charge in [0.1, 0.15) is 15.6 Å². The van der Waals surface area contributed by atoms with Gasteiger partial charge in [0.2, 0.25) is 5.91 Å². The first-order valence-corrected chi connectivity index (χ1v) is 13.5. The summed E-state index contributed by atoms with van der Waals surface area (Å²) in [7, 11) is 1.81. The lowest BCUT2D eigenvalue weighted by atomic mass is 10.1. The van der Waals surface area contributed by atoms with E-state index in [4.69, 9.17) is 14.2 Å². The van der Waals surface area contributed by atoms with Crippen molar-refractivity contribution >= 4 is 45.9 Å². The van der Waals surface area contributed by atoms with E-state index in [-0.39, 0.29) is 46.4 Å². The van der Waals surface area contributed by atoms with Crippen molar-refractivity contribution in [3.8, 4) is 5.75 Å². The fourth-order valence-electron chi connectivity index (χ4n) is 3.47. The Balaban J connectivity index is 1.70. The summed E-state index contributed by atoms with van der Waals surface area (Å²) in [5.74, 6) is -0.163. The molecule has 12 heteroatoms. The maximum Gasteiger partial charge on any atom is 0.348 e. The van der Waals surface area contributed by atoms with Crippen molar-refractivity contribution in [1.29, 1.82) is 0 Å². The molecule has 1 unspecified atom stereocenters. The number of aromatic nitrogens is 3. The van der Waals surface area contributed by atoms with Crippen LogP contribution in [0.15, 0.2) is 29.4 Å². The Labute approximate surface area is 223 Å². The average molecular weight is 547 g/mol. The molecule has 1 aromatic carbocycles. The fourth-order valence-corrected chi connectivity index (χ4v) is 5.30. The number of thiophene rings is 1. The number of rotatable bonds is 11. The van der Waals surface area contributed by atoms with Gasteiger partial charge in [-0.2, -0.15) is 0 Å². The summed E-state index contributed by atoms with van der Waals surface area (Å²) in [6.45, 7) is 9.21. The minimum absolute atomic E-state index is 0.00690. The Bertz CT molecular complexity index is 1290. The van der Waals surface area contributed by atoms with Crippen LogP contribution in [0, 0.1) is 13.8 Å². The van der Waals surface area contributed by atoms with E-state index in [1.54, 1.807) is 32.4 Å². The van der Waals surface area contributed by atoms with Crippen LogP contribution in [0.3, 0.4) is 0 Å². The van der Waals surface area contributed by atoms with Gasteiger partial charge in [0.25, 0.3) is 0 Å². The summed E-state index contributed by atoms with van der Waals surface area (Å²) < 4.78 is 18.0. The predicted molar refractivity (Wildman–Crippen MR) is 142 cm³/mol. The molecule has 0 saturated carbocycles. The number of anilines is 1. The van der Waals surface area contributed by atoms with Gasteiger partial charge in [-0.05, 0) is 51.8 Å². The van der Waals surface area contributed by atoms with Gasteiger partial charge in [0.15, 0.2) is 17.1 Å². The van der Waals surface area contributed by atoms with Gasteiger partial charge in [-0.1, -0.05) is 30.0 Å². The molecule has 0 aliphatic heterocycles. The molecule has 37 heavy (non-hydrogen) atoms. The molecule has 0 saturated heterocycles. The van der Waals surface area contributed by atoms with Crippen LogP contribution in [-0.2, 0) is 21.3 Å². The lowest BCUT2D eigenvalue weighted by Gasteiger charge is -2.15. The molecule has 0 fully saturated rings. The van der Waals surface area contributed by atoms with Crippen molar-refractivity contribution in [2.45, 2.75) is 45.9 Å². The number of ether oxygens (including phenoxy) is 3.